The van der Waals surface area contributed by atoms with E-state index in [1.165, 1.54) is 16.6 Å². The molecule has 0 fully saturated rings. The van der Waals surface area contributed by atoms with Crippen LogP contribution >= 0.6 is 23.1 Å². The fourth-order valence-electron chi connectivity index (χ4n) is 2.87. The molecule has 2 aromatic heterocycles. The second kappa shape index (κ2) is 8.79. The molecule has 0 atom stereocenters. The number of nitrogens with zero attached hydrogens (tertiary/aromatic N) is 3. The van der Waals surface area contributed by atoms with Crippen molar-refractivity contribution in [2.75, 3.05) is 23.9 Å². The maximum atomic E-state index is 12.5. The molecular formula is C20H24N4O2S2. The summed E-state index contributed by atoms with van der Waals surface area (Å²) in [6.07, 6.45) is 2.05. The number of hydrogen-bond donors (Lipinski definition) is 1. The van der Waals surface area contributed by atoms with Crippen LogP contribution in [0.3, 0.4) is 0 Å². The number of imidazole rings is 1. The van der Waals surface area contributed by atoms with Crippen molar-refractivity contribution < 1.29 is 9.59 Å². The Morgan fingerprint density at radius 3 is 2.79 bits per heavy atom. The van der Waals surface area contributed by atoms with Crippen LogP contribution in [0.25, 0.3) is 4.96 Å². The minimum atomic E-state index is -0.104. The van der Waals surface area contributed by atoms with Crippen molar-refractivity contribution in [3.05, 3.63) is 52.3 Å². The van der Waals surface area contributed by atoms with Gasteiger partial charge in [-0.05, 0) is 38.5 Å². The molecule has 0 saturated heterocycles. The number of anilines is 1. The highest BCUT2D eigenvalue weighted by Crippen LogP contribution is 2.21. The van der Waals surface area contributed by atoms with Crippen LogP contribution in [0.1, 0.15) is 21.8 Å². The summed E-state index contributed by atoms with van der Waals surface area (Å²) >= 11 is 2.96. The molecule has 8 heteroatoms. The number of rotatable bonds is 7. The Morgan fingerprint density at radius 2 is 2.04 bits per heavy atom. The Kier molecular flexibility index (Phi) is 6.41. The Labute approximate surface area is 173 Å². The van der Waals surface area contributed by atoms with E-state index in [1.54, 1.807) is 23.3 Å². The molecular weight excluding hydrogens is 392 g/mol. The predicted octanol–water partition coefficient (Wildman–Crippen LogP) is 3.65. The van der Waals surface area contributed by atoms with E-state index in [-0.39, 0.29) is 23.3 Å². The average Bonchev–Trinajstić information content (AvgIpc) is 3.11. The van der Waals surface area contributed by atoms with Crippen molar-refractivity contribution >= 4 is 45.6 Å². The van der Waals surface area contributed by atoms with Gasteiger partial charge in [-0.2, -0.15) is 0 Å². The van der Waals surface area contributed by atoms with E-state index in [0.717, 1.165) is 27.6 Å². The first kappa shape index (κ1) is 20.4. The lowest BCUT2D eigenvalue weighted by molar-refractivity contribution is -0.127. The first-order valence-electron chi connectivity index (χ1n) is 8.95. The number of benzene rings is 1. The van der Waals surface area contributed by atoms with Crippen molar-refractivity contribution in [2.45, 2.75) is 27.3 Å². The molecule has 1 aromatic carbocycles. The highest BCUT2D eigenvalue weighted by atomic mass is 32.2. The summed E-state index contributed by atoms with van der Waals surface area (Å²) in [5.74, 6) is 0.400. The van der Waals surface area contributed by atoms with Gasteiger partial charge >= 0.3 is 0 Å². The van der Waals surface area contributed by atoms with Crippen LogP contribution in [0, 0.1) is 20.8 Å². The fraction of sp³-hybridized carbons (Fsp3) is 0.350. The number of carbonyl (C=O) groups is 2. The van der Waals surface area contributed by atoms with Crippen LogP contribution in [0.2, 0.25) is 0 Å². The van der Waals surface area contributed by atoms with Gasteiger partial charge in [-0.25, -0.2) is 4.98 Å². The van der Waals surface area contributed by atoms with Crippen LogP contribution in [-0.2, 0) is 16.1 Å². The van der Waals surface area contributed by atoms with Gasteiger partial charge in [0.1, 0.15) is 0 Å². The molecule has 6 nitrogen and oxygen atoms in total. The van der Waals surface area contributed by atoms with E-state index in [2.05, 4.69) is 20.9 Å². The number of carbonyl (C=O) groups excluding carboxylic acids is 2. The molecule has 0 radical (unpaired) electrons. The highest BCUT2D eigenvalue weighted by molar-refractivity contribution is 8.00. The number of thiazole rings is 1. The molecule has 0 bridgehead atoms. The largest absolute Gasteiger partial charge is 0.339 e. The van der Waals surface area contributed by atoms with E-state index >= 15 is 0 Å². The third kappa shape index (κ3) is 4.94. The topological polar surface area (TPSA) is 66.7 Å². The molecule has 3 aromatic rings. The molecule has 0 saturated carbocycles. The molecule has 0 unspecified atom stereocenters. The maximum Gasteiger partial charge on any atom is 0.234 e. The van der Waals surface area contributed by atoms with E-state index in [0.29, 0.717) is 6.54 Å². The first-order chi connectivity index (χ1) is 13.3. The van der Waals surface area contributed by atoms with E-state index in [1.807, 2.05) is 45.0 Å². The number of aryl methyl sites for hydroxylation is 3. The summed E-state index contributed by atoms with van der Waals surface area (Å²) in [7, 11) is 1.79. The average molecular weight is 417 g/mol. The fourth-order valence-corrected chi connectivity index (χ4v) is 4.52. The monoisotopic (exact) mass is 416 g/mol. The Morgan fingerprint density at radius 1 is 1.25 bits per heavy atom. The smallest absolute Gasteiger partial charge is 0.234 e. The van der Waals surface area contributed by atoms with Crippen molar-refractivity contribution in [3.63, 3.8) is 0 Å². The van der Waals surface area contributed by atoms with Crippen molar-refractivity contribution in [3.8, 4) is 0 Å². The molecule has 0 aliphatic rings. The van der Waals surface area contributed by atoms with Crippen LogP contribution in [-0.4, -0.2) is 44.7 Å². The minimum Gasteiger partial charge on any atom is -0.339 e. The first-order valence-corrected chi connectivity index (χ1v) is 10.9. The molecule has 2 heterocycles. The molecule has 0 aliphatic carbocycles. The lowest BCUT2D eigenvalue weighted by atomic mass is 10.2. The highest BCUT2D eigenvalue weighted by Gasteiger charge is 2.16. The quantitative estimate of drug-likeness (QED) is 0.638. The third-order valence-electron chi connectivity index (χ3n) is 4.31. The molecule has 28 heavy (non-hydrogen) atoms. The summed E-state index contributed by atoms with van der Waals surface area (Å²) in [5, 5.41) is 2.86. The number of nitrogens with one attached hydrogen (secondary N) is 1. The normalized spacial score (nSPS) is 11.0. The van der Waals surface area contributed by atoms with Gasteiger partial charge in [-0.15, -0.1) is 23.1 Å². The zero-order valence-electron chi connectivity index (χ0n) is 16.5. The van der Waals surface area contributed by atoms with Crippen molar-refractivity contribution in [1.82, 2.24) is 14.3 Å². The van der Waals surface area contributed by atoms with Gasteiger partial charge in [0.15, 0.2) is 4.96 Å². The lowest BCUT2D eigenvalue weighted by Crippen LogP contribution is -2.29. The van der Waals surface area contributed by atoms with Gasteiger partial charge in [-0.1, -0.05) is 12.1 Å². The molecule has 148 valence electrons. The second-order valence-electron chi connectivity index (χ2n) is 6.80. The molecule has 2 amide bonds. The second-order valence-corrected chi connectivity index (χ2v) is 9.00. The molecule has 3 rings (SSSR count). The summed E-state index contributed by atoms with van der Waals surface area (Å²) in [5.41, 5.74) is 3.83. The Hall–Kier alpha value is -2.32. The van der Waals surface area contributed by atoms with E-state index < -0.39 is 0 Å². The zero-order valence-corrected chi connectivity index (χ0v) is 18.1. The standard InChI is InChI=1S/C20H24N4O2S2/c1-13-6-5-7-16(8-13)22-18(25)11-27-12-19(26)23(4)10-17-15(3)21-20-24(17)9-14(2)28-20/h5-9H,10-12H2,1-4H3,(H,22,25). The summed E-state index contributed by atoms with van der Waals surface area (Å²) < 4.78 is 2.06. The lowest BCUT2D eigenvalue weighted by Gasteiger charge is -2.17. The van der Waals surface area contributed by atoms with Gasteiger partial charge in [-0.3, -0.25) is 14.0 Å². The van der Waals surface area contributed by atoms with Crippen LogP contribution in [0.4, 0.5) is 5.69 Å². The van der Waals surface area contributed by atoms with Crippen molar-refractivity contribution in [1.29, 1.82) is 0 Å². The predicted molar refractivity (Wildman–Crippen MR) is 116 cm³/mol. The van der Waals surface area contributed by atoms with Gasteiger partial charge < -0.3 is 10.2 Å². The Bertz CT molecular complexity index is 1010. The van der Waals surface area contributed by atoms with Crippen LogP contribution in [0.15, 0.2) is 30.5 Å². The number of hydrogen-bond acceptors (Lipinski definition) is 5. The third-order valence-corrected chi connectivity index (χ3v) is 6.13. The molecule has 0 aliphatic heterocycles. The number of amides is 2. The number of thioether (sulfide) groups is 1. The SMILES string of the molecule is Cc1cccc(NC(=O)CSCC(=O)N(C)Cc2c(C)nc3sc(C)cn23)c1. The molecule has 1 N–H and O–H groups in total. The number of aromatic nitrogens is 2. The van der Waals surface area contributed by atoms with Gasteiger partial charge in [0.2, 0.25) is 11.8 Å². The van der Waals surface area contributed by atoms with Gasteiger partial charge in [0.05, 0.1) is 29.4 Å². The summed E-state index contributed by atoms with van der Waals surface area (Å²) in [6, 6.07) is 7.66. The summed E-state index contributed by atoms with van der Waals surface area (Å²) in [4.78, 5) is 32.9. The minimum absolute atomic E-state index is 0.00495. The van der Waals surface area contributed by atoms with E-state index in [9.17, 15) is 9.59 Å². The molecule has 0 spiro atoms. The van der Waals surface area contributed by atoms with Crippen LogP contribution < -0.4 is 5.32 Å². The van der Waals surface area contributed by atoms with Crippen molar-refractivity contribution in [2.24, 2.45) is 0 Å². The zero-order chi connectivity index (χ0) is 20.3. The summed E-state index contributed by atoms with van der Waals surface area (Å²) in [6.45, 7) is 6.49. The van der Waals surface area contributed by atoms with Gasteiger partial charge in [0.25, 0.3) is 0 Å². The van der Waals surface area contributed by atoms with E-state index in [4.69, 9.17) is 0 Å². The van der Waals surface area contributed by atoms with Crippen LogP contribution in [0.5, 0.6) is 0 Å². The number of fused-ring (bicyclic) bond motifs is 1. The Balaban J connectivity index is 1.49. The van der Waals surface area contributed by atoms with Gasteiger partial charge in [0, 0.05) is 23.8 Å². The maximum absolute atomic E-state index is 12.5.